The lowest BCUT2D eigenvalue weighted by Gasteiger charge is -2.21. The summed E-state index contributed by atoms with van der Waals surface area (Å²) in [6.45, 7) is 1.16. The number of anilines is 1. The standard InChI is InChI=1S/C23H20Cl2N2O5/c24-15-5-8-17(18(25)11-15)20(28)13-32-23(31)14-3-6-16(7-4-14)27-21(29)12-19(22(27)30)26-9-1-2-10-26/h3-8,11,19H,1-2,9-10,12-13H2. The van der Waals surface area contributed by atoms with Gasteiger partial charge in [0.2, 0.25) is 11.7 Å². The number of nitrogens with zero attached hydrogens (tertiary/aromatic N) is 2. The summed E-state index contributed by atoms with van der Waals surface area (Å²) < 4.78 is 5.09. The van der Waals surface area contributed by atoms with Crippen molar-refractivity contribution >= 4 is 52.5 Å². The van der Waals surface area contributed by atoms with Gasteiger partial charge in [-0.05, 0) is 68.4 Å². The minimum absolute atomic E-state index is 0.165. The predicted molar refractivity (Wildman–Crippen MR) is 119 cm³/mol. The number of imide groups is 1. The van der Waals surface area contributed by atoms with Crippen LogP contribution in [-0.4, -0.2) is 54.2 Å². The minimum Gasteiger partial charge on any atom is -0.454 e. The summed E-state index contributed by atoms with van der Waals surface area (Å²) in [5, 5.41) is 0.570. The molecular weight excluding hydrogens is 455 g/mol. The van der Waals surface area contributed by atoms with Crippen LogP contribution in [0.15, 0.2) is 42.5 Å². The van der Waals surface area contributed by atoms with Gasteiger partial charge in [0.15, 0.2) is 6.61 Å². The zero-order chi connectivity index (χ0) is 22.8. The van der Waals surface area contributed by atoms with Crippen LogP contribution in [0, 0.1) is 0 Å². The third kappa shape index (κ3) is 4.55. The van der Waals surface area contributed by atoms with Gasteiger partial charge < -0.3 is 4.74 Å². The van der Waals surface area contributed by atoms with Crippen molar-refractivity contribution in [3.05, 3.63) is 63.6 Å². The third-order valence-electron chi connectivity index (χ3n) is 5.63. The molecule has 2 aromatic rings. The molecule has 166 valence electrons. The number of Topliss-reactive ketones (excluding diaryl/α,β-unsaturated/α-hetero) is 1. The van der Waals surface area contributed by atoms with E-state index in [0.29, 0.717) is 10.7 Å². The summed E-state index contributed by atoms with van der Waals surface area (Å²) in [5.74, 6) is -1.66. The average molecular weight is 475 g/mol. The Morgan fingerprint density at radius 2 is 1.69 bits per heavy atom. The molecule has 2 saturated heterocycles. The summed E-state index contributed by atoms with van der Waals surface area (Å²) >= 11 is 11.8. The van der Waals surface area contributed by atoms with Crippen molar-refractivity contribution in [2.24, 2.45) is 0 Å². The van der Waals surface area contributed by atoms with E-state index in [-0.39, 0.29) is 34.4 Å². The topological polar surface area (TPSA) is 84.0 Å². The van der Waals surface area contributed by atoms with Gasteiger partial charge in [-0.15, -0.1) is 0 Å². The molecule has 0 bridgehead atoms. The summed E-state index contributed by atoms with van der Waals surface area (Å²) in [5.41, 5.74) is 0.805. The molecule has 4 rings (SSSR count). The van der Waals surface area contributed by atoms with E-state index < -0.39 is 24.4 Å². The van der Waals surface area contributed by atoms with E-state index in [0.717, 1.165) is 25.9 Å². The molecule has 7 nitrogen and oxygen atoms in total. The zero-order valence-corrected chi connectivity index (χ0v) is 18.6. The van der Waals surface area contributed by atoms with Crippen LogP contribution in [0.3, 0.4) is 0 Å². The quantitative estimate of drug-likeness (QED) is 0.360. The number of halogens is 2. The zero-order valence-electron chi connectivity index (χ0n) is 17.1. The van der Waals surface area contributed by atoms with Gasteiger partial charge in [0.05, 0.1) is 28.7 Å². The van der Waals surface area contributed by atoms with E-state index in [1.807, 2.05) is 0 Å². The largest absolute Gasteiger partial charge is 0.454 e. The number of ether oxygens (including phenoxy) is 1. The van der Waals surface area contributed by atoms with E-state index >= 15 is 0 Å². The molecule has 2 aliphatic heterocycles. The molecule has 2 fully saturated rings. The number of esters is 1. The number of hydrogen-bond acceptors (Lipinski definition) is 6. The molecular formula is C23H20Cl2N2O5. The molecule has 0 aliphatic carbocycles. The lowest BCUT2D eigenvalue weighted by atomic mass is 10.1. The van der Waals surface area contributed by atoms with E-state index in [4.69, 9.17) is 27.9 Å². The summed E-state index contributed by atoms with van der Waals surface area (Å²) in [6.07, 6.45) is 2.22. The smallest absolute Gasteiger partial charge is 0.338 e. The second kappa shape index (κ2) is 9.40. The molecule has 2 amide bonds. The molecule has 0 radical (unpaired) electrons. The van der Waals surface area contributed by atoms with Crippen molar-refractivity contribution < 1.29 is 23.9 Å². The molecule has 2 aliphatic rings. The summed E-state index contributed by atoms with van der Waals surface area (Å²) in [4.78, 5) is 53.1. The van der Waals surface area contributed by atoms with Crippen LogP contribution in [0.2, 0.25) is 10.0 Å². The first-order chi connectivity index (χ1) is 15.3. The number of hydrogen-bond donors (Lipinski definition) is 0. The number of carbonyl (C=O) groups excluding carboxylic acids is 4. The van der Waals surface area contributed by atoms with Crippen LogP contribution < -0.4 is 4.90 Å². The fraction of sp³-hybridized carbons (Fsp3) is 0.304. The number of likely N-dealkylation sites (tertiary alicyclic amines) is 1. The van der Waals surface area contributed by atoms with Gasteiger partial charge in [-0.1, -0.05) is 23.2 Å². The average Bonchev–Trinajstić information content (AvgIpc) is 3.40. The Morgan fingerprint density at radius 3 is 2.34 bits per heavy atom. The highest BCUT2D eigenvalue weighted by Crippen LogP contribution is 2.28. The summed E-state index contributed by atoms with van der Waals surface area (Å²) in [7, 11) is 0. The van der Waals surface area contributed by atoms with Crippen molar-refractivity contribution in [2.75, 3.05) is 24.6 Å². The monoisotopic (exact) mass is 474 g/mol. The molecule has 0 N–H and O–H groups in total. The van der Waals surface area contributed by atoms with Gasteiger partial charge in [-0.2, -0.15) is 0 Å². The fourth-order valence-corrected chi connectivity index (χ4v) is 4.49. The Bertz CT molecular complexity index is 1080. The first-order valence-electron chi connectivity index (χ1n) is 10.2. The normalized spacial score (nSPS) is 18.9. The van der Waals surface area contributed by atoms with Gasteiger partial charge >= 0.3 is 5.97 Å². The van der Waals surface area contributed by atoms with Crippen molar-refractivity contribution in [1.29, 1.82) is 0 Å². The van der Waals surface area contributed by atoms with Gasteiger partial charge in [0, 0.05) is 10.6 Å². The van der Waals surface area contributed by atoms with Crippen LogP contribution in [-0.2, 0) is 14.3 Å². The highest BCUT2D eigenvalue weighted by Gasteiger charge is 2.43. The fourth-order valence-electron chi connectivity index (χ4n) is 3.98. The first-order valence-corrected chi connectivity index (χ1v) is 11.0. The third-order valence-corrected chi connectivity index (χ3v) is 6.18. The second-order valence-corrected chi connectivity index (χ2v) is 8.54. The van der Waals surface area contributed by atoms with Gasteiger partial charge in [0.25, 0.3) is 5.91 Å². The Kier molecular flexibility index (Phi) is 6.60. The Labute approximate surface area is 194 Å². The molecule has 2 heterocycles. The SMILES string of the molecule is O=C(OCC(=O)c1ccc(Cl)cc1Cl)c1ccc(N2C(=O)CC(N3CCCC3)C2=O)cc1. The van der Waals surface area contributed by atoms with E-state index in [1.165, 1.54) is 47.4 Å². The van der Waals surface area contributed by atoms with E-state index in [9.17, 15) is 19.2 Å². The maximum atomic E-state index is 12.8. The Morgan fingerprint density at radius 1 is 1.00 bits per heavy atom. The minimum atomic E-state index is -0.705. The molecule has 32 heavy (non-hydrogen) atoms. The van der Waals surface area contributed by atoms with Gasteiger partial charge in [-0.3, -0.25) is 19.3 Å². The number of benzene rings is 2. The second-order valence-electron chi connectivity index (χ2n) is 7.70. The van der Waals surface area contributed by atoms with Crippen LogP contribution >= 0.6 is 23.2 Å². The maximum Gasteiger partial charge on any atom is 0.338 e. The highest BCUT2D eigenvalue weighted by molar-refractivity contribution is 6.36. The first kappa shape index (κ1) is 22.5. The van der Waals surface area contributed by atoms with Crippen molar-refractivity contribution in [2.45, 2.75) is 25.3 Å². The molecule has 1 atom stereocenters. The lowest BCUT2D eigenvalue weighted by Crippen LogP contribution is -2.40. The molecule has 0 spiro atoms. The number of carbonyl (C=O) groups is 4. The van der Waals surface area contributed by atoms with Crippen LogP contribution in [0.4, 0.5) is 5.69 Å². The van der Waals surface area contributed by atoms with E-state index in [2.05, 4.69) is 4.90 Å². The van der Waals surface area contributed by atoms with Crippen LogP contribution in [0.1, 0.15) is 40.0 Å². The van der Waals surface area contributed by atoms with Crippen LogP contribution in [0.25, 0.3) is 0 Å². The highest BCUT2D eigenvalue weighted by atomic mass is 35.5. The van der Waals surface area contributed by atoms with Crippen molar-refractivity contribution in [1.82, 2.24) is 4.90 Å². The molecule has 0 saturated carbocycles. The number of amides is 2. The predicted octanol–water partition coefficient (Wildman–Crippen LogP) is 3.76. The molecule has 1 unspecified atom stereocenters. The lowest BCUT2D eigenvalue weighted by molar-refractivity contribution is -0.122. The number of ketones is 1. The summed E-state index contributed by atoms with van der Waals surface area (Å²) in [6, 6.07) is 9.98. The van der Waals surface area contributed by atoms with Gasteiger partial charge in [0.1, 0.15) is 0 Å². The Hall–Kier alpha value is -2.74. The van der Waals surface area contributed by atoms with Crippen molar-refractivity contribution in [3.63, 3.8) is 0 Å². The molecule has 2 aromatic carbocycles. The van der Waals surface area contributed by atoms with Crippen LogP contribution in [0.5, 0.6) is 0 Å². The van der Waals surface area contributed by atoms with E-state index in [1.54, 1.807) is 0 Å². The molecule has 9 heteroatoms. The van der Waals surface area contributed by atoms with Gasteiger partial charge in [-0.25, -0.2) is 9.69 Å². The maximum absolute atomic E-state index is 12.8. The number of rotatable bonds is 6. The molecule has 0 aromatic heterocycles. The Balaban J connectivity index is 1.39. The van der Waals surface area contributed by atoms with Crippen molar-refractivity contribution in [3.8, 4) is 0 Å².